The van der Waals surface area contributed by atoms with E-state index in [9.17, 15) is 0 Å². The normalized spacial score (nSPS) is 10.3. The predicted molar refractivity (Wildman–Crippen MR) is 68.0 cm³/mol. The maximum Gasteiger partial charge on any atom is 0.145 e. The molecule has 1 aromatic carbocycles. The van der Waals surface area contributed by atoms with Crippen LogP contribution < -0.4 is 5.73 Å². The van der Waals surface area contributed by atoms with E-state index in [2.05, 4.69) is 38.0 Å². The number of nitrogens with zero attached hydrogens (tertiary/aromatic N) is 2. The Kier molecular flexibility index (Phi) is 3.51. The summed E-state index contributed by atoms with van der Waals surface area (Å²) in [6.45, 7) is 0. The summed E-state index contributed by atoms with van der Waals surface area (Å²) >= 11 is 3.29. The molecule has 1 aromatic heterocycles. The Morgan fingerprint density at radius 2 is 1.88 bits per heavy atom. The molecule has 1 heterocycles. The summed E-state index contributed by atoms with van der Waals surface area (Å²) in [5, 5.41) is 0. The number of halogens is 1. The van der Waals surface area contributed by atoms with Gasteiger partial charge in [0.05, 0.1) is 11.9 Å². The van der Waals surface area contributed by atoms with Crippen LogP contribution in [0.1, 0.15) is 11.3 Å². The van der Waals surface area contributed by atoms with Gasteiger partial charge in [0.1, 0.15) is 10.4 Å². The first-order valence-electron chi connectivity index (χ1n) is 5.06. The minimum absolute atomic E-state index is 0.513. The number of aryl methyl sites for hydroxylation is 2. The van der Waals surface area contributed by atoms with Crippen LogP contribution in [0.2, 0.25) is 0 Å². The summed E-state index contributed by atoms with van der Waals surface area (Å²) < 4.78 is 0.727. The van der Waals surface area contributed by atoms with Crippen LogP contribution in [0.4, 0.5) is 5.82 Å². The van der Waals surface area contributed by atoms with Gasteiger partial charge in [0, 0.05) is 0 Å². The van der Waals surface area contributed by atoms with Crippen LogP contribution in [0.15, 0.2) is 41.1 Å². The molecule has 0 amide bonds. The molecule has 0 fully saturated rings. The van der Waals surface area contributed by atoms with Crippen molar-refractivity contribution in [2.24, 2.45) is 0 Å². The molecule has 0 aliphatic heterocycles. The Hall–Kier alpha value is -1.42. The number of benzene rings is 1. The highest BCUT2D eigenvalue weighted by Crippen LogP contribution is 2.13. The molecule has 2 N–H and O–H groups in total. The van der Waals surface area contributed by atoms with Gasteiger partial charge in [-0.3, -0.25) is 0 Å². The van der Waals surface area contributed by atoms with Gasteiger partial charge in [0.25, 0.3) is 0 Å². The van der Waals surface area contributed by atoms with Crippen LogP contribution in [0.3, 0.4) is 0 Å². The van der Waals surface area contributed by atoms with E-state index >= 15 is 0 Å². The van der Waals surface area contributed by atoms with Crippen molar-refractivity contribution in [3.8, 4) is 0 Å². The van der Waals surface area contributed by atoms with Crippen molar-refractivity contribution in [1.29, 1.82) is 0 Å². The first-order valence-corrected chi connectivity index (χ1v) is 5.86. The van der Waals surface area contributed by atoms with Gasteiger partial charge >= 0.3 is 0 Å². The van der Waals surface area contributed by atoms with Gasteiger partial charge in [-0.05, 0) is 34.3 Å². The summed E-state index contributed by atoms with van der Waals surface area (Å²) in [5.41, 5.74) is 7.89. The average molecular weight is 278 g/mol. The van der Waals surface area contributed by atoms with Gasteiger partial charge in [-0.1, -0.05) is 30.3 Å². The van der Waals surface area contributed by atoms with Crippen LogP contribution in [0.5, 0.6) is 0 Å². The largest absolute Gasteiger partial charge is 0.382 e. The van der Waals surface area contributed by atoms with Crippen molar-refractivity contribution in [3.05, 3.63) is 52.4 Å². The molecular weight excluding hydrogens is 266 g/mol. The zero-order chi connectivity index (χ0) is 11.4. The second kappa shape index (κ2) is 5.07. The fourth-order valence-electron chi connectivity index (χ4n) is 1.50. The lowest BCUT2D eigenvalue weighted by Crippen LogP contribution is -2.03. The molecule has 0 aliphatic rings. The van der Waals surface area contributed by atoms with E-state index in [-0.39, 0.29) is 0 Å². The topological polar surface area (TPSA) is 51.8 Å². The minimum Gasteiger partial charge on any atom is -0.382 e. The Balaban J connectivity index is 2.08. The monoisotopic (exact) mass is 277 g/mol. The second-order valence-corrected chi connectivity index (χ2v) is 4.32. The van der Waals surface area contributed by atoms with Crippen molar-refractivity contribution in [2.45, 2.75) is 12.8 Å². The number of aromatic nitrogens is 2. The number of hydrogen-bond acceptors (Lipinski definition) is 3. The van der Waals surface area contributed by atoms with Gasteiger partial charge in [-0.15, -0.1) is 0 Å². The van der Waals surface area contributed by atoms with E-state index in [0.717, 1.165) is 23.1 Å². The Bertz CT molecular complexity index is 471. The molecule has 0 aliphatic carbocycles. The smallest absolute Gasteiger partial charge is 0.145 e. The van der Waals surface area contributed by atoms with Crippen LogP contribution in [-0.4, -0.2) is 9.97 Å². The third kappa shape index (κ3) is 2.79. The number of nitrogens with two attached hydrogens (primary N) is 1. The molecule has 0 saturated carbocycles. The van der Waals surface area contributed by atoms with Crippen molar-refractivity contribution in [2.75, 3.05) is 5.73 Å². The van der Waals surface area contributed by atoms with Gasteiger partial charge in [-0.25, -0.2) is 9.97 Å². The number of hydrogen-bond donors (Lipinski definition) is 1. The van der Waals surface area contributed by atoms with Crippen molar-refractivity contribution in [1.82, 2.24) is 9.97 Å². The third-order valence-corrected chi connectivity index (χ3v) is 2.72. The zero-order valence-electron chi connectivity index (χ0n) is 8.73. The average Bonchev–Trinajstić information content (AvgIpc) is 2.32. The second-order valence-electron chi connectivity index (χ2n) is 3.51. The SMILES string of the molecule is Nc1ncc(Br)nc1CCc1ccccc1. The van der Waals surface area contributed by atoms with Gasteiger partial charge < -0.3 is 5.73 Å². The molecule has 2 aromatic rings. The lowest BCUT2D eigenvalue weighted by atomic mass is 10.1. The molecule has 0 radical (unpaired) electrons. The number of rotatable bonds is 3. The van der Waals surface area contributed by atoms with E-state index in [4.69, 9.17) is 5.73 Å². The van der Waals surface area contributed by atoms with E-state index in [0.29, 0.717) is 5.82 Å². The molecule has 0 bridgehead atoms. The highest BCUT2D eigenvalue weighted by Gasteiger charge is 2.03. The lowest BCUT2D eigenvalue weighted by molar-refractivity contribution is 0.898. The summed E-state index contributed by atoms with van der Waals surface area (Å²) in [6.07, 6.45) is 3.35. The Morgan fingerprint density at radius 3 is 2.62 bits per heavy atom. The number of anilines is 1. The van der Waals surface area contributed by atoms with E-state index in [1.165, 1.54) is 5.56 Å². The highest BCUT2D eigenvalue weighted by molar-refractivity contribution is 9.10. The summed E-state index contributed by atoms with van der Waals surface area (Å²) in [6, 6.07) is 10.3. The molecule has 0 spiro atoms. The molecular formula is C12H12BrN3. The summed E-state index contributed by atoms with van der Waals surface area (Å²) in [7, 11) is 0. The molecule has 4 heteroatoms. The minimum atomic E-state index is 0.513. The van der Waals surface area contributed by atoms with Gasteiger partial charge in [0.15, 0.2) is 0 Å². The first kappa shape index (κ1) is 11.1. The molecule has 0 saturated heterocycles. The van der Waals surface area contributed by atoms with Crippen LogP contribution >= 0.6 is 15.9 Å². The molecule has 3 nitrogen and oxygen atoms in total. The molecule has 0 unspecified atom stereocenters. The van der Waals surface area contributed by atoms with Crippen LogP contribution in [0.25, 0.3) is 0 Å². The maximum absolute atomic E-state index is 5.76. The first-order chi connectivity index (χ1) is 7.75. The van der Waals surface area contributed by atoms with Gasteiger partial charge in [-0.2, -0.15) is 0 Å². The van der Waals surface area contributed by atoms with Crippen LogP contribution in [0, 0.1) is 0 Å². The van der Waals surface area contributed by atoms with Crippen molar-refractivity contribution >= 4 is 21.7 Å². The van der Waals surface area contributed by atoms with E-state index in [1.54, 1.807) is 6.20 Å². The summed E-state index contributed by atoms with van der Waals surface area (Å²) in [4.78, 5) is 8.38. The lowest BCUT2D eigenvalue weighted by Gasteiger charge is -2.04. The molecule has 16 heavy (non-hydrogen) atoms. The standard InChI is InChI=1S/C12H12BrN3/c13-11-8-15-12(14)10(16-11)7-6-9-4-2-1-3-5-9/h1-5,8H,6-7H2,(H2,14,15). The van der Waals surface area contributed by atoms with Crippen molar-refractivity contribution in [3.63, 3.8) is 0 Å². The third-order valence-electron chi connectivity index (χ3n) is 2.34. The van der Waals surface area contributed by atoms with Gasteiger partial charge in [0.2, 0.25) is 0 Å². The zero-order valence-corrected chi connectivity index (χ0v) is 10.3. The molecule has 2 rings (SSSR count). The predicted octanol–water partition coefficient (Wildman–Crippen LogP) is 2.61. The quantitative estimate of drug-likeness (QED) is 0.938. The Labute approximate surface area is 103 Å². The molecule has 82 valence electrons. The Morgan fingerprint density at radius 1 is 1.12 bits per heavy atom. The summed E-state index contributed by atoms with van der Waals surface area (Å²) in [5.74, 6) is 0.513. The van der Waals surface area contributed by atoms with Crippen molar-refractivity contribution < 1.29 is 0 Å². The fourth-order valence-corrected chi connectivity index (χ4v) is 1.82. The number of nitrogen functional groups attached to an aromatic ring is 1. The van der Waals surface area contributed by atoms with E-state index < -0.39 is 0 Å². The highest BCUT2D eigenvalue weighted by atomic mass is 79.9. The fraction of sp³-hybridized carbons (Fsp3) is 0.167. The van der Waals surface area contributed by atoms with Crippen LogP contribution in [-0.2, 0) is 12.8 Å². The maximum atomic E-state index is 5.76. The molecule has 0 atom stereocenters. The van der Waals surface area contributed by atoms with E-state index in [1.807, 2.05) is 18.2 Å².